The van der Waals surface area contributed by atoms with Crippen molar-refractivity contribution >= 4 is 23.7 Å². The van der Waals surface area contributed by atoms with E-state index in [9.17, 15) is 9.59 Å². The summed E-state index contributed by atoms with van der Waals surface area (Å²) < 4.78 is 5.62. The lowest BCUT2D eigenvalue weighted by Crippen LogP contribution is -2.30. The Morgan fingerprint density at radius 3 is 2.62 bits per heavy atom. The zero-order chi connectivity index (χ0) is 20.6. The molecule has 1 atom stereocenters. The first-order valence-electron chi connectivity index (χ1n) is 9.99. The Bertz CT molecular complexity index is 860. The normalized spacial score (nSPS) is 16.4. The van der Waals surface area contributed by atoms with Gasteiger partial charge in [-0.25, -0.2) is 5.43 Å². The molecule has 1 N–H and O–H groups in total. The van der Waals surface area contributed by atoms with Crippen LogP contribution in [0.4, 0.5) is 5.69 Å². The second kappa shape index (κ2) is 9.87. The van der Waals surface area contributed by atoms with Gasteiger partial charge in [0.2, 0.25) is 11.8 Å². The molecule has 0 bridgehead atoms. The van der Waals surface area contributed by atoms with Gasteiger partial charge in [0.1, 0.15) is 5.75 Å². The molecule has 1 heterocycles. The Balaban J connectivity index is 1.50. The number of hydrogen-bond donors (Lipinski definition) is 1. The lowest BCUT2D eigenvalue weighted by atomic mass is 10.1. The monoisotopic (exact) mass is 393 g/mol. The predicted octanol–water partition coefficient (Wildman–Crippen LogP) is 3.68. The molecule has 0 aromatic heterocycles. The summed E-state index contributed by atoms with van der Waals surface area (Å²) >= 11 is 0. The van der Waals surface area contributed by atoms with E-state index in [0.29, 0.717) is 13.2 Å². The maximum Gasteiger partial charge on any atom is 0.245 e. The van der Waals surface area contributed by atoms with Crippen LogP contribution in [0.25, 0.3) is 0 Å². The van der Waals surface area contributed by atoms with E-state index in [-0.39, 0.29) is 18.2 Å². The first kappa shape index (κ1) is 20.6. The van der Waals surface area contributed by atoms with Crippen LogP contribution in [0.15, 0.2) is 53.6 Å². The molecular formula is C23H27N3O3. The summed E-state index contributed by atoms with van der Waals surface area (Å²) in [5.41, 5.74) is 5.36. The number of hydrazone groups is 1. The number of anilines is 1. The van der Waals surface area contributed by atoms with E-state index in [1.807, 2.05) is 55.5 Å². The summed E-state index contributed by atoms with van der Waals surface area (Å²) in [5.74, 6) is 0.121. The predicted molar refractivity (Wildman–Crippen MR) is 114 cm³/mol. The first-order valence-corrected chi connectivity index (χ1v) is 9.99. The molecule has 0 unspecified atom stereocenters. The third kappa shape index (κ3) is 5.67. The van der Waals surface area contributed by atoms with Gasteiger partial charge in [-0.3, -0.25) is 9.59 Å². The minimum atomic E-state index is -0.407. The van der Waals surface area contributed by atoms with Gasteiger partial charge in [-0.2, -0.15) is 5.10 Å². The number of benzene rings is 2. The Morgan fingerprint density at radius 2 is 1.93 bits per heavy atom. The molecule has 6 nitrogen and oxygen atoms in total. The molecule has 152 valence electrons. The molecule has 0 spiro atoms. The smallest absolute Gasteiger partial charge is 0.245 e. The third-order valence-electron chi connectivity index (χ3n) is 4.88. The van der Waals surface area contributed by atoms with E-state index < -0.39 is 5.92 Å². The molecule has 3 rings (SSSR count). The number of rotatable bonds is 8. The lowest BCUT2D eigenvalue weighted by Gasteiger charge is -2.16. The fraction of sp³-hybridized carbons (Fsp3) is 0.348. The van der Waals surface area contributed by atoms with Crippen LogP contribution < -0.4 is 15.1 Å². The summed E-state index contributed by atoms with van der Waals surface area (Å²) in [4.78, 5) is 26.3. The number of unbranched alkanes of at least 4 members (excludes halogenated alkanes) is 1. The van der Waals surface area contributed by atoms with Gasteiger partial charge in [0, 0.05) is 18.7 Å². The van der Waals surface area contributed by atoms with Crippen LogP contribution in [0.5, 0.6) is 5.75 Å². The van der Waals surface area contributed by atoms with E-state index in [1.54, 1.807) is 11.1 Å². The number of hydrogen-bond acceptors (Lipinski definition) is 4. The molecule has 2 amide bonds. The quantitative estimate of drug-likeness (QED) is 0.422. The van der Waals surface area contributed by atoms with Gasteiger partial charge in [0.05, 0.1) is 18.7 Å². The average Bonchev–Trinajstić information content (AvgIpc) is 3.12. The number of nitrogens with zero attached hydrogens (tertiary/aromatic N) is 2. The summed E-state index contributed by atoms with van der Waals surface area (Å²) in [6.07, 6.45) is 3.90. The molecule has 1 aliphatic rings. The molecule has 1 saturated heterocycles. The van der Waals surface area contributed by atoms with Crippen LogP contribution in [0, 0.1) is 12.8 Å². The number of carbonyl (C=O) groups excluding carboxylic acids is 2. The standard InChI is InChI=1S/C23H27N3O3/c1-3-4-13-29-21-11-7-18(8-12-21)15-24-25-23(28)19-14-22(27)26(16-19)20-9-5-17(2)6-10-20/h5-12,15,19H,3-4,13-14,16H2,1-2H3,(H,25,28)/b24-15+/t19-/m1/s1. The largest absolute Gasteiger partial charge is 0.494 e. The van der Waals surface area contributed by atoms with Crippen molar-refractivity contribution in [1.82, 2.24) is 5.43 Å². The topological polar surface area (TPSA) is 71.0 Å². The van der Waals surface area contributed by atoms with Crippen molar-refractivity contribution in [3.8, 4) is 5.75 Å². The average molecular weight is 393 g/mol. The van der Waals surface area contributed by atoms with Crippen LogP contribution in [-0.2, 0) is 9.59 Å². The van der Waals surface area contributed by atoms with E-state index in [4.69, 9.17) is 4.74 Å². The van der Waals surface area contributed by atoms with Crippen molar-refractivity contribution < 1.29 is 14.3 Å². The van der Waals surface area contributed by atoms with Gasteiger partial charge in [-0.1, -0.05) is 31.0 Å². The zero-order valence-electron chi connectivity index (χ0n) is 16.9. The number of carbonyl (C=O) groups is 2. The summed E-state index contributed by atoms with van der Waals surface area (Å²) in [6, 6.07) is 15.3. The van der Waals surface area contributed by atoms with Crippen LogP contribution in [0.2, 0.25) is 0 Å². The van der Waals surface area contributed by atoms with Crippen molar-refractivity contribution in [2.24, 2.45) is 11.0 Å². The van der Waals surface area contributed by atoms with Crippen molar-refractivity contribution in [3.05, 3.63) is 59.7 Å². The molecule has 0 radical (unpaired) electrons. The SMILES string of the molecule is CCCCOc1ccc(/C=N/NC(=O)[C@@H]2CC(=O)N(c3ccc(C)cc3)C2)cc1. The molecule has 1 fully saturated rings. The highest BCUT2D eigenvalue weighted by molar-refractivity contribution is 6.00. The Kier molecular flexibility index (Phi) is 7.00. The van der Waals surface area contributed by atoms with Gasteiger partial charge < -0.3 is 9.64 Å². The van der Waals surface area contributed by atoms with E-state index >= 15 is 0 Å². The van der Waals surface area contributed by atoms with Crippen molar-refractivity contribution in [2.75, 3.05) is 18.1 Å². The molecule has 0 aliphatic carbocycles. The first-order chi connectivity index (χ1) is 14.1. The van der Waals surface area contributed by atoms with Crippen molar-refractivity contribution in [2.45, 2.75) is 33.1 Å². The van der Waals surface area contributed by atoms with E-state index in [2.05, 4.69) is 17.5 Å². The highest BCUT2D eigenvalue weighted by Crippen LogP contribution is 2.25. The van der Waals surface area contributed by atoms with Gasteiger partial charge >= 0.3 is 0 Å². The van der Waals surface area contributed by atoms with Crippen molar-refractivity contribution in [1.29, 1.82) is 0 Å². The molecule has 2 aromatic rings. The third-order valence-corrected chi connectivity index (χ3v) is 4.88. The highest BCUT2D eigenvalue weighted by atomic mass is 16.5. The molecule has 29 heavy (non-hydrogen) atoms. The van der Waals surface area contributed by atoms with Crippen molar-refractivity contribution in [3.63, 3.8) is 0 Å². The molecule has 2 aromatic carbocycles. The van der Waals surface area contributed by atoms with Crippen LogP contribution in [-0.4, -0.2) is 31.2 Å². The second-order valence-electron chi connectivity index (χ2n) is 7.25. The van der Waals surface area contributed by atoms with Gasteiger partial charge in [-0.05, 0) is 55.3 Å². The summed E-state index contributed by atoms with van der Waals surface area (Å²) in [7, 11) is 0. The number of amides is 2. The lowest BCUT2D eigenvalue weighted by molar-refractivity contribution is -0.126. The number of nitrogens with one attached hydrogen (secondary N) is 1. The molecule has 0 saturated carbocycles. The van der Waals surface area contributed by atoms with Gasteiger partial charge in [-0.15, -0.1) is 0 Å². The fourth-order valence-corrected chi connectivity index (χ4v) is 3.10. The van der Waals surface area contributed by atoms with Crippen LogP contribution in [0.3, 0.4) is 0 Å². The van der Waals surface area contributed by atoms with Gasteiger partial charge in [0.25, 0.3) is 0 Å². The van der Waals surface area contributed by atoms with Gasteiger partial charge in [0.15, 0.2) is 0 Å². The minimum Gasteiger partial charge on any atom is -0.494 e. The van der Waals surface area contributed by atoms with Crippen LogP contribution in [0.1, 0.15) is 37.3 Å². The second-order valence-corrected chi connectivity index (χ2v) is 7.25. The van der Waals surface area contributed by atoms with Crippen LogP contribution >= 0.6 is 0 Å². The minimum absolute atomic E-state index is 0.0448. The maximum absolute atomic E-state index is 12.4. The van der Waals surface area contributed by atoms with E-state index in [0.717, 1.165) is 35.4 Å². The Morgan fingerprint density at radius 1 is 1.21 bits per heavy atom. The highest BCUT2D eigenvalue weighted by Gasteiger charge is 2.35. The number of aryl methyl sites for hydroxylation is 1. The molecule has 6 heteroatoms. The number of ether oxygens (including phenoxy) is 1. The Labute approximate surface area is 171 Å². The maximum atomic E-state index is 12.4. The Hall–Kier alpha value is -3.15. The zero-order valence-corrected chi connectivity index (χ0v) is 16.9. The fourth-order valence-electron chi connectivity index (χ4n) is 3.10. The molecular weight excluding hydrogens is 366 g/mol. The van der Waals surface area contributed by atoms with E-state index in [1.165, 1.54) is 0 Å². The summed E-state index contributed by atoms with van der Waals surface area (Å²) in [6.45, 7) is 5.20. The molecule has 1 aliphatic heterocycles. The summed E-state index contributed by atoms with van der Waals surface area (Å²) in [5, 5.41) is 4.03.